The van der Waals surface area contributed by atoms with Crippen LogP contribution in [0.5, 0.6) is 0 Å². The van der Waals surface area contributed by atoms with Gasteiger partial charge in [-0.1, -0.05) is 6.42 Å². The summed E-state index contributed by atoms with van der Waals surface area (Å²) in [6.07, 6.45) is 4.17. The van der Waals surface area contributed by atoms with Gasteiger partial charge in [0.1, 0.15) is 6.29 Å². The maximum Gasteiger partial charge on any atom is 0.407 e. The van der Waals surface area contributed by atoms with Gasteiger partial charge in [-0.3, -0.25) is 9.78 Å². The minimum Gasteiger partial charge on any atom is -0.465 e. The van der Waals surface area contributed by atoms with E-state index < -0.39 is 6.09 Å². The average Bonchev–Trinajstić information content (AvgIpc) is 2.45. The van der Waals surface area contributed by atoms with Gasteiger partial charge in [0.25, 0.3) is 0 Å². The molecule has 116 valence electrons. The van der Waals surface area contributed by atoms with Crippen LogP contribution in [-0.4, -0.2) is 59.5 Å². The molecule has 0 aromatic carbocycles. The molecule has 0 radical (unpaired) electrons. The first kappa shape index (κ1) is 17.1. The van der Waals surface area contributed by atoms with Crippen LogP contribution >= 0.6 is 0 Å². The summed E-state index contributed by atoms with van der Waals surface area (Å²) in [4.78, 5) is 29.5. The normalized spacial score (nSPS) is 10.6. The first-order valence-corrected chi connectivity index (χ1v) is 7.05. The molecule has 0 saturated carbocycles. The molecule has 1 N–H and O–H groups in total. The molecule has 6 heteroatoms. The first-order chi connectivity index (χ1) is 10.0. The van der Waals surface area contributed by atoms with Crippen molar-refractivity contribution in [3.8, 4) is 0 Å². The molecular weight excluding hydrogens is 270 g/mol. The predicted octanol–water partition coefficient (Wildman–Crippen LogP) is 2.11. The zero-order valence-corrected chi connectivity index (χ0v) is 12.7. The van der Waals surface area contributed by atoms with E-state index in [0.29, 0.717) is 17.8 Å². The van der Waals surface area contributed by atoms with E-state index in [1.54, 1.807) is 12.1 Å². The highest BCUT2D eigenvalue weighted by atomic mass is 16.4. The molecule has 1 aromatic heterocycles. The SMILES string of the molecule is CN(C)CCCCCN(Cc1cc(C=O)ccn1)C(=O)O. The maximum atomic E-state index is 11.3. The van der Waals surface area contributed by atoms with Gasteiger partial charge in [0.05, 0.1) is 12.2 Å². The third kappa shape index (κ3) is 6.85. The van der Waals surface area contributed by atoms with Crippen LogP contribution in [0.4, 0.5) is 4.79 Å². The molecule has 1 rings (SSSR count). The molecule has 1 amide bonds. The van der Waals surface area contributed by atoms with Gasteiger partial charge >= 0.3 is 6.09 Å². The fourth-order valence-corrected chi connectivity index (χ4v) is 2.00. The number of amides is 1. The second-order valence-electron chi connectivity index (χ2n) is 5.27. The lowest BCUT2D eigenvalue weighted by Crippen LogP contribution is -2.30. The molecule has 21 heavy (non-hydrogen) atoms. The number of hydrogen-bond acceptors (Lipinski definition) is 4. The zero-order chi connectivity index (χ0) is 15.7. The Morgan fingerprint density at radius 2 is 2.00 bits per heavy atom. The van der Waals surface area contributed by atoms with Crippen molar-refractivity contribution in [3.63, 3.8) is 0 Å². The standard InChI is InChI=1S/C15H23N3O3/c1-17(2)8-4-3-5-9-18(15(20)21)11-14-10-13(12-19)6-7-16-14/h6-7,10,12H,3-5,8-9,11H2,1-2H3,(H,20,21). The van der Waals surface area contributed by atoms with E-state index in [4.69, 9.17) is 0 Å². The summed E-state index contributed by atoms with van der Waals surface area (Å²) >= 11 is 0. The summed E-state index contributed by atoms with van der Waals surface area (Å²) in [5.74, 6) is 0. The first-order valence-electron chi connectivity index (χ1n) is 7.05. The highest BCUT2D eigenvalue weighted by Gasteiger charge is 2.12. The Balaban J connectivity index is 2.46. The lowest BCUT2D eigenvalue weighted by atomic mass is 10.2. The van der Waals surface area contributed by atoms with Crippen molar-refractivity contribution in [2.45, 2.75) is 25.8 Å². The summed E-state index contributed by atoms with van der Waals surface area (Å²) in [7, 11) is 4.05. The number of nitrogens with zero attached hydrogens (tertiary/aromatic N) is 3. The number of unbranched alkanes of at least 4 members (excludes halogenated alkanes) is 2. The van der Waals surface area contributed by atoms with Crippen molar-refractivity contribution in [3.05, 3.63) is 29.6 Å². The number of hydrogen-bond donors (Lipinski definition) is 1. The van der Waals surface area contributed by atoms with E-state index in [1.807, 2.05) is 14.1 Å². The van der Waals surface area contributed by atoms with E-state index in [1.165, 1.54) is 11.1 Å². The van der Waals surface area contributed by atoms with Gasteiger partial charge in [-0.05, 0) is 45.6 Å². The van der Waals surface area contributed by atoms with Crippen LogP contribution < -0.4 is 0 Å². The van der Waals surface area contributed by atoms with Gasteiger partial charge < -0.3 is 14.9 Å². The quantitative estimate of drug-likeness (QED) is 0.557. The van der Waals surface area contributed by atoms with Crippen LogP contribution in [-0.2, 0) is 6.54 Å². The van der Waals surface area contributed by atoms with Crippen LogP contribution in [0.1, 0.15) is 35.3 Å². The lowest BCUT2D eigenvalue weighted by molar-refractivity contribution is 0.112. The zero-order valence-electron chi connectivity index (χ0n) is 12.7. The second kappa shape index (κ2) is 9.07. The number of carbonyl (C=O) groups is 2. The molecule has 0 bridgehead atoms. The van der Waals surface area contributed by atoms with Crippen molar-refractivity contribution in [2.75, 3.05) is 27.2 Å². The summed E-state index contributed by atoms with van der Waals surface area (Å²) in [5.41, 5.74) is 1.10. The Bertz CT molecular complexity index is 463. The highest BCUT2D eigenvalue weighted by molar-refractivity contribution is 5.74. The third-order valence-corrected chi connectivity index (χ3v) is 3.13. The van der Waals surface area contributed by atoms with E-state index in [9.17, 15) is 14.7 Å². The summed E-state index contributed by atoms with van der Waals surface area (Å²) < 4.78 is 0. The molecule has 1 aromatic rings. The van der Waals surface area contributed by atoms with Crippen LogP contribution in [0.15, 0.2) is 18.3 Å². The number of pyridine rings is 1. The molecule has 0 fully saturated rings. The average molecular weight is 293 g/mol. The molecule has 0 unspecified atom stereocenters. The molecule has 0 aliphatic rings. The molecule has 6 nitrogen and oxygen atoms in total. The summed E-state index contributed by atoms with van der Waals surface area (Å²) in [6, 6.07) is 3.22. The molecule has 0 aliphatic carbocycles. The van der Waals surface area contributed by atoms with Crippen LogP contribution in [0.25, 0.3) is 0 Å². The van der Waals surface area contributed by atoms with Gasteiger partial charge in [0.2, 0.25) is 0 Å². The Morgan fingerprint density at radius 1 is 1.29 bits per heavy atom. The highest BCUT2D eigenvalue weighted by Crippen LogP contribution is 2.07. The minimum absolute atomic E-state index is 0.213. The molecule has 1 heterocycles. The smallest absolute Gasteiger partial charge is 0.407 e. The fraction of sp³-hybridized carbons (Fsp3) is 0.533. The number of rotatable bonds is 9. The Labute approximate surface area is 125 Å². The Morgan fingerprint density at radius 3 is 2.62 bits per heavy atom. The van der Waals surface area contributed by atoms with E-state index >= 15 is 0 Å². The fourth-order valence-electron chi connectivity index (χ4n) is 2.00. The molecule has 0 saturated heterocycles. The van der Waals surface area contributed by atoms with Crippen molar-refractivity contribution in [1.29, 1.82) is 0 Å². The van der Waals surface area contributed by atoms with Gasteiger partial charge in [0.15, 0.2) is 0 Å². The van der Waals surface area contributed by atoms with Crippen molar-refractivity contribution >= 4 is 12.4 Å². The Kier molecular flexibility index (Phi) is 7.39. The molecular formula is C15H23N3O3. The van der Waals surface area contributed by atoms with Crippen LogP contribution in [0, 0.1) is 0 Å². The minimum atomic E-state index is -0.957. The number of aldehydes is 1. The van der Waals surface area contributed by atoms with Crippen LogP contribution in [0.3, 0.4) is 0 Å². The maximum absolute atomic E-state index is 11.3. The summed E-state index contributed by atoms with van der Waals surface area (Å²) in [5, 5.41) is 9.23. The monoisotopic (exact) mass is 293 g/mol. The topological polar surface area (TPSA) is 73.7 Å². The molecule has 0 atom stereocenters. The van der Waals surface area contributed by atoms with Crippen molar-refractivity contribution in [1.82, 2.24) is 14.8 Å². The van der Waals surface area contributed by atoms with Gasteiger partial charge in [-0.25, -0.2) is 4.79 Å². The number of aromatic nitrogens is 1. The number of carbonyl (C=O) groups excluding carboxylic acids is 1. The van der Waals surface area contributed by atoms with E-state index in [2.05, 4.69) is 9.88 Å². The van der Waals surface area contributed by atoms with Gasteiger partial charge in [0, 0.05) is 18.3 Å². The van der Waals surface area contributed by atoms with E-state index in [-0.39, 0.29) is 6.54 Å². The lowest BCUT2D eigenvalue weighted by Gasteiger charge is -2.19. The predicted molar refractivity (Wildman–Crippen MR) is 80.5 cm³/mol. The van der Waals surface area contributed by atoms with Crippen LogP contribution in [0.2, 0.25) is 0 Å². The third-order valence-electron chi connectivity index (χ3n) is 3.13. The van der Waals surface area contributed by atoms with Gasteiger partial charge in [-0.15, -0.1) is 0 Å². The summed E-state index contributed by atoms with van der Waals surface area (Å²) in [6.45, 7) is 1.70. The van der Waals surface area contributed by atoms with Crippen molar-refractivity contribution in [2.24, 2.45) is 0 Å². The van der Waals surface area contributed by atoms with Gasteiger partial charge in [-0.2, -0.15) is 0 Å². The van der Waals surface area contributed by atoms with Crippen molar-refractivity contribution < 1.29 is 14.7 Å². The second-order valence-corrected chi connectivity index (χ2v) is 5.27. The largest absolute Gasteiger partial charge is 0.465 e. The molecule has 0 aliphatic heterocycles. The van der Waals surface area contributed by atoms with E-state index in [0.717, 1.165) is 32.1 Å². The Hall–Kier alpha value is -1.95. The number of carboxylic acid groups (broad SMARTS) is 1. The molecule has 0 spiro atoms.